The molecule has 7 heteroatoms. The Kier molecular flexibility index (Phi) is 6.82. The van der Waals surface area contributed by atoms with Gasteiger partial charge in [0.2, 0.25) is 11.8 Å². The second kappa shape index (κ2) is 9.08. The van der Waals surface area contributed by atoms with Crippen molar-refractivity contribution in [2.75, 3.05) is 32.2 Å². The Morgan fingerprint density at radius 2 is 2.00 bits per heavy atom. The first-order valence-electron chi connectivity index (χ1n) is 7.84. The van der Waals surface area contributed by atoms with Gasteiger partial charge in [0.15, 0.2) is 0 Å². The normalized spacial score (nSPS) is 10.2. The lowest BCUT2D eigenvalue weighted by Gasteiger charge is -2.23. The number of benzene rings is 1. The first-order valence-corrected chi connectivity index (χ1v) is 8.72. The van der Waals surface area contributed by atoms with Crippen LogP contribution in [-0.4, -0.2) is 39.1 Å². The summed E-state index contributed by atoms with van der Waals surface area (Å²) < 4.78 is 10.5. The van der Waals surface area contributed by atoms with E-state index in [1.165, 1.54) is 6.92 Å². The average Bonchev–Trinajstić information content (AvgIpc) is 3.11. The van der Waals surface area contributed by atoms with E-state index in [0.29, 0.717) is 36.7 Å². The number of hydrogen-bond acceptors (Lipinski definition) is 5. The fraction of sp³-hybridized carbons (Fsp3) is 0.333. The van der Waals surface area contributed by atoms with Crippen LogP contribution >= 0.6 is 11.3 Å². The van der Waals surface area contributed by atoms with E-state index in [9.17, 15) is 9.59 Å². The molecule has 0 saturated carbocycles. The van der Waals surface area contributed by atoms with Crippen LogP contribution in [0.3, 0.4) is 0 Å². The van der Waals surface area contributed by atoms with Gasteiger partial charge in [0.1, 0.15) is 11.5 Å². The number of thiophene rings is 1. The first kappa shape index (κ1) is 18.8. The highest BCUT2D eigenvalue weighted by molar-refractivity contribution is 7.10. The summed E-state index contributed by atoms with van der Waals surface area (Å²) in [6.07, 6.45) is 0.351. The Hall–Kier alpha value is -2.54. The molecular weight excluding hydrogens is 340 g/mol. The fourth-order valence-corrected chi connectivity index (χ4v) is 3.10. The van der Waals surface area contributed by atoms with Crippen molar-refractivity contribution >= 4 is 28.8 Å². The highest BCUT2D eigenvalue weighted by atomic mass is 32.1. The van der Waals surface area contributed by atoms with Gasteiger partial charge in [-0.2, -0.15) is 0 Å². The molecule has 1 aromatic heterocycles. The Balaban J connectivity index is 1.99. The summed E-state index contributed by atoms with van der Waals surface area (Å²) in [4.78, 5) is 26.6. The number of hydrogen-bond donors (Lipinski definition) is 1. The van der Waals surface area contributed by atoms with Crippen molar-refractivity contribution in [2.45, 2.75) is 13.3 Å². The number of carbonyl (C=O) groups is 2. The number of methoxy groups -OCH3 is 2. The largest absolute Gasteiger partial charge is 0.497 e. The third kappa shape index (κ3) is 5.22. The molecule has 0 saturated heterocycles. The van der Waals surface area contributed by atoms with Gasteiger partial charge in [0.05, 0.1) is 26.3 Å². The lowest BCUT2D eigenvalue weighted by Crippen LogP contribution is -2.38. The number of nitrogens with zero attached hydrogens (tertiary/aromatic N) is 1. The zero-order chi connectivity index (χ0) is 18.2. The Morgan fingerprint density at radius 1 is 1.20 bits per heavy atom. The molecule has 2 amide bonds. The van der Waals surface area contributed by atoms with E-state index < -0.39 is 0 Å². The van der Waals surface area contributed by atoms with Crippen molar-refractivity contribution in [3.8, 4) is 11.5 Å². The molecule has 0 unspecified atom stereocenters. The standard InChI is InChI=1S/C18H22N2O4S/c1-13(21)20(16-7-6-14(23-2)11-17(16)24-3)9-8-19-18(22)12-15-5-4-10-25-15/h4-7,10-11H,8-9,12H2,1-3H3,(H,19,22). The van der Waals surface area contributed by atoms with Gasteiger partial charge in [0.25, 0.3) is 0 Å². The fourth-order valence-electron chi connectivity index (χ4n) is 2.40. The van der Waals surface area contributed by atoms with Crippen LogP contribution in [0.4, 0.5) is 5.69 Å². The number of amides is 2. The van der Waals surface area contributed by atoms with Crippen molar-refractivity contribution in [3.05, 3.63) is 40.6 Å². The monoisotopic (exact) mass is 362 g/mol. The zero-order valence-electron chi connectivity index (χ0n) is 14.6. The van der Waals surface area contributed by atoms with Gasteiger partial charge in [0, 0.05) is 31.0 Å². The van der Waals surface area contributed by atoms with Crippen molar-refractivity contribution in [3.63, 3.8) is 0 Å². The molecule has 0 aliphatic heterocycles. The molecule has 2 rings (SSSR count). The molecule has 0 radical (unpaired) electrons. The van der Waals surface area contributed by atoms with E-state index in [0.717, 1.165) is 4.88 Å². The van der Waals surface area contributed by atoms with Crippen LogP contribution in [0.1, 0.15) is 11.8 Å². The number of ether oxygens (including phenoxy) is 2. The van der Waals surface area contributed by atoms with Crippen LogP contribution in [-0.2, 0) is 16.0 Å². The summed E-state index contributed by atoms with van der Waals surface area (Å²) in [6, 6.07) is 9.10. The molecule has 0 spiro atoms. The topological polar surface area (TPSA) is 67.9 Å². The predicted molar refractivity (Wildman–Crippen MR) is 98.6 cm³/mol. The van der Waals surface area contributed by atoms with Gasteiger partial charge >= 0.3 is 0 Å². The Morgan fingerprint density at radius 3 is 2.60 bits per heavy atom. The molecule has 0 aliphatic rings. The Labute approximate surface area is 151 Å². The minimum atomic E-state index is -0.129. The number of rotatable bonds is 8. The SMILES string of the molecule is COc1ccc(N(CCNC(=O)Cc2cccs2)C(C)=O)c(OC)c1. The summed E-state index contributed by atoms with van der Waals surface area (Å²) in [6.45, 7) is 2.20. The van der Waals surface area contributed by atoms with E-state index in [1.54, 1.807) is 48.7 Å². The molecule has 1 N–H and O–H groups in total. The lowest BCUT2D eigenvalue weighted by atomic mass is 10.2. The molecule has 134 valence electrons. The van der Waals surface area contributed by atoms with Crippen molar-refractivity contribution < 1.29 is 19.1 Å². The molecule has 0 bridgehead atoms. The minimum Gasteiger partial charge on any atom is -0.497 e. The van der Waals surface area contributed by atoms with Gasteiger partial charge in [-0.3, -0.25) is 9.59 Å². The van der Waals surface area contributed by atoms with E-state index in [-0.39, 0.29) is 11.8 Å². The number of anilines is 1. The van der Waals surface area contributed by atoms with Gasteiger partial charge < -0.3 is 19.7 Å². The van der Waals surface area contributed by atoms with Crippen LogP contribution in [0.25, 0.3) is 0 Å². The molecule has 1 aromatic carbocycles. The summed E-state index contributed by atoms with van der Waals surface area (Å²) in [5.41, 5.74) is 0.642. The number of nitrogens with one attached hydrogen (secondary N) is 1. The minimum absolute atomic E-state index is 0.0624. The first-order chi connectivity index (χ1) is 12.0. The Bertz CT molecular complexity index is 716. The molecule has 2 aromatic rings. The maximum absolute atomic E-state index is 12.0. The summed E-state index contributed by atoms with van der Waals surface area (Å²) in [5.74, 6) is 0.997. The second-order valence-corrected chi connectivity index (χ2v) is 6.35. The van der Waals surface area contributed by atoms with Crippen molar-refractivity contribution in [1.82, 2.24) is 5.32 Å². The van der Waals surface area contributed by atoms with Crippen LogP contribution in [0.5, 0.6) is 11.5 Å². The summed E-state index contributed by atoms with van der Waals surface area (Å²) in [7, 11) is 3.11. The van der Waals surface area contributed by atoms with Gasteiger partial charge in [-0.1, -0.05) is 6.07 Å². The van der Waals surface area contributed by atoms with Gasteiger partial charge in [-0.05, 0) is 23.6 Å². The molecule has 0 aliphatic carbocycles. The van der Waals surface area contributed by atoms with Crippen LogP contribution < -0.4 is 19.7 Å². The summed E-state index contributed by atoms with van der Waals surface area (Å²) in [5, 5.41) is 4.78. The van der Waals surface area contributed by atoms with E-state index >= 15 is 0 Å². The smallest absolute Gasteiger partial charge is 0.225 e. The molecule has 0 fully saturated rings. The molecule has 25 heavy (non-hydrogen) atoms. The van der Waals surface area contributed by atoms with Crippen LogP contribution in [0.15, 0.2) is 35.7 Å². The van der Waals surface area contributed by atoms with Crippen molar-refractivity contribution in [1.29, 1.82) is 0 Å². The maximum atomic E-state index is 12.0. The van der Waals surface area contributed by atoms with E-state index in [4.69, 9.17) is 9.47 Å². The molecule has 6 nitrogen and oxygen atoms in total. The van der Waals surface area contributed by atoms with Crippen LogP contribution in [0, 0.1) is 0 Å². The highest BCUT2D eigenvalue weighted by Crippen LogP contribution is 2.32. The van der Waals surface area contributed by atoms with Gasteiger partial charge in [-0.25, -0.2) is 0 Å². The number of carbonyl (C=O) groups excluding carboxylic acids is 2. The third-order valence-electron chi connectivity index (χ3n) is 3.63. The molecule has 1 heterocycles. The highest BCUT2D eigenvalue weighted by Gasteiger charge is 2.17. The average molecular weight is 362 g/mol. The van der Waals surface area contributed by atoms with Gasteiger partial charge in [-0.15, -0.1) is 11.3 Å². The molecule has 0 atom stereocenters. The lowest BCUT2D eigenvalue weighted by molar-refractivity contribution is -0.120. The molecular formula is C18H22N2O4S. The zero-order valence-corrected chi connectivity index (χ0v) is 15.4. The predicted octanol–water partition coefficient (Wildman–Crippen LogP) is 2.48. The van der Waals surface area contributed by atoms with Crippen molar-refractivity contribution in [2.24, 2.45) is 0 Å². The quantitative estimate of drug-likeness (QED) is 0.783. The summed E-state index contributed by atoms with van der Waals surface area (Å²) >= 11 is 1.55. The third-order valence-corrected chi connectivity index (χ3v) is 4.51. The van der Waals surface area contributed by atoms with E-state index in [2.05, 4.69) is 5.32 Å². The van der Waals surface area contributed by atoms with E-state index in [1.807, 2.05) is 17.5 Å². The van der Waals surface area contributed by atoms with Crippen LogP contribution in [0.2, 0.25) is 0 Å². The maximum Gasteiger partial charge on any atom is 0.225 e. The second-order valence-electron chi connectivity index (χ2n) is 5.31.